The first-order valence-electron chi connectivity index (χ1n) is 6.70. The summed E-state index contributed by atoms with van der Waals surface area (Å²) < 4.78 is 11.3. The van der Waals surface area contributed by atoms with E-state index in [2.05, 4.69) is 18.3 Å². The molecule has 2 atom stereocenters. The number of nitrogens with zero attached hydrogens (tertiary/aromatic N) is 1. The summed E-state index contributed by atoms with van der Waals surface area (Å²) in [5.41, 5.74) is 0.580. The molecule has 0 aliphatic carbocycles. The second-order valence-corrected chi connectivity index (χ2v) is 4.91. The SMILES string of the molecule is COc1cc(C#N)ccc1OC(C)C1CCCNC1. The van der Waals surface area contributed by atoms with Gasteiger partial charge in [0.2, 0.25) is 0 Å². The molecule has 1 saturated heterocycles. The Balaban J connectivity index is 2.07. The summed E-state index contributed by atoms with van der Waals surface area (Å²) in [6.07, 6.45) is 2.52. The Morgan fingerprint density at radius 2 is 2.26 bits per heavy atom. The molecule has 1 N–H and O–H groups in total. The molecule has 4 heteroatoms. The van der Waals surface area contributed by atoms with Crippen LogP contribution in [0.15, 0.2) is 18.2 Å². The van der Waals surface area contributed by atoms with Crippen LogP contribution in [0.25, 0.3) is 0 Å². The Morgan fingerprint density at radius 3 is 2.89 bits per heavy atom. The van der Waals surface area contributed by atoms with Gasteiger partial charge in [-0.1, -0.05) is 0 Å². The Morgan fingerprint density at radius 1 is 1.42 bits per heavy atom. The van der Waals surface area contributed by atoms with E-state index in [1.54, 1.807) is 19.2 Å². The van der Waals surface area contributed by atoms with E-state index in [1.807, 2.05) is 6.07 Å². The predicted octanol–water partition coefficient (Wildman–Crippen LogP) is 2.33. The lowest BCUT2D eigenvalue weighted by Gasteiger charge is -2.29. The number of hydrogen-bond donors (Lipinski definition) is 1. The molecule has 4 nitrogen and oxygen atoms in total. The first-order valence-corrected chi connectivity index (χ1v) is 6.70. The van der Waals surface area contributed by atoms with Crippen molar-refractivity contribution in [3.63, 3.8) is 0 Å². The van der Waals surface area contributed by atoms with Crippen molar-refractivity contribution in [3.05, 3.63) is 23.8 Å². The third-order valence-electron chi connectivity index (χ3n) is 3.60. The van der Waals surface area contributed by atoms with Crippen LogP contribution in [0.2, 0.25) is 0 Å². The van der Waals surface area contributed by atoms with E-state index in [1.165, 1.54) is 12.8 Å². The van der Waals surface area contributed by atoms with Crippen LogP contribution in [0, 0.1) is 17.2 Å². The zero-order chi connectivity index (χ0) is 13.7. The van der Waals surface area contributed by atoms with Crippen molar-refractivity contribution in [2.45, 2.75) is 25.9 Å². The van der Waals surface area contributed by atoms with Crippen LogP contribution in [0.1, 0.15) is 25.3 Å². The number of piperidine rings is 1. The van der Waals surface area contributed by atoms with Crippen molar-refractivity contribution in [1.29, 1.82) is 5.26 Å². The Labute approximate surface area is 114 Å². The van der Waals surface area contributed by atoms with Gasteiger partial charge in [-0.25, -0.2) is 0 Å². The number of methoxy groups -OCH3 is 1. The van der Waals surface area contributed by atoms with Gasteiger partial charge >= 0.3 is 0 Å². The molecule has 0 spiro atoms. The maximum absolute atomic E-state index is 8.88. The van der Waals surface area contributed by atoms with Gasteiger partial charge in [-0.3, -0.25) is 0 Å². The number of ether oxygens (including phenoxy) is 2. The van der Waals surface area contributed by atoms with Gasteiger partial charge in [0.1, 0.15) is 6.10 Å². The fourth-order valence-electron chi connectivity index (χ4n) is 2.41. The number of rotatable bonds is 4. The van der Waals surface area contributed by atoms with E-state index in [4.69, 9.17) is 14.7 Å². The normalized spacial score (nSPS) is 20.4. The molecule has 19 heavy (non-hydrogen) atoms. The lowest BCUT2D eigenvalue weighted by Crippen LogP contribution is -2.37. The molecular formula is C15H20N2O2. The maximum atomic E-state index is 8.88. The molecule has 0 saturated carbocycles. The van der Waals surface area contributed by atoms with Crippen LogP contribution in [-0.4, -0.2) is 26.3 Å². The molecule has 1 aromatic rings. The highest BCUT2D eigenvalue weighted by Gasteiger charge is 2.22. The van der Waals surface area contributed by atoms with Crippen LogP contribution in [0.4, 0.5) is 0 Å². The summed E-state index contributed by atoms with van der Waals surface area (Å²) in [7, 11) is 1.59. The van der Waals surface area contributed by atoms with Gasteiger partial charge < -0.3 is 14.8 Å². The first-order chi connectivity index (χ1) is 9.24. The summed E-state index contributed by atoms with van der Waals surface area (Å²) >= 11 is 0. The molecule has 1 heterocycles. The average Bonchev–Trinajstić information content (AvgIpc) is 2.48. The molecule has 0 bridgehead atoms. The van der Waals surface area contributed by atoms with Crippen molar-refractivity contribution in [2.24, 2.45) is 5.92 Å². The summed E-state index contributed by atoms with van der Waals surface area (Å²) in [5.74, 6) is 1.85. The lowest BCUT2D eigenvalue weighted by molar-refractivity contribution is 0.127. The largest absolute Gasteiger partial charge is 0.493 e. The fraction of sp³-hybridized carbons (Fsp3) is 0.533. The van der Waals surface area contributed by atoms with Gasteiger partial charge in [0.15, 0.2) is 11.5 Å². The molecule has 0 amide bonds. The predicted molar refractivity (Wildman–Crippen MR) is 73.4 cm³/mol. The van der Waals surface area contributed by atoms with Crippen molar-refractivity contribution in [2.75, 3.05) is 20.2 Å². The summed E-state index contributed by atoms with van der Waals surface area (Å²) in [5, 5.41) is 12.3. The molecule has 2 rings (SSSR count). The number of nitriles is 1. The average molecular weight is 260 g/mol. The number of benzene rings is 1. The minimum absolute atomic E-state index is 0.134. The van der Waals surface area contributed by atoms with E-state index in [0.29, 0.717) is 23.0 Å². The molecule has 1 aliphatic rings. The van der Waals surface area contributed by atoms with E-state index < -0.39 is 0 Å². The Hall–Kier alpha value is -1.73. The summed E-state index contributed by atoms with van der Waals surface area (Å²) in [6, 6.07) is 7.37. The van der Waals surface area contributed by atoms with Crippen molar-refractivity contribution in [1.82, 2.24) is 5.32 Å². The topological polar surface area (TPSA) is 54.3 Å². The highest BCUT2D eigenvalue weighted by atomic mass is 16.5. The number of nitrogens with one attached hydrogen (secondary N) is 1. The minimum atomic E-state index is 0.134. The second-order valence-electron chi connectivity index (χ2n) is 4.91. The zero-order valence-corrected chi connectivity index (χ0v) is 11.5. The molecule has 0 aromatic heterocycles. The first kappa shape index (κ1) is 13.7. The molecule has 2 unspecified atom stereocenters. The van der Waals surface area contributed by atoms with Crippen molar-refractivity contribution < 1.29 is 9.47 Å². The van der Waals surface area contributed by atoms with E-state index >= 15 is 0 Å². The molecule has 1 aliphatic heterocycles. The van der Waals surface area contributed by atoms with Gasteiger partial charge in [-0.05, 0) is 38.4 Å². The van der Waals surface area contributed by atoms with Crippen molar-refractivity contribution in [3.8, 4) is 17.6 Å². The van der Waals surface area contributed by atoms with E-state index in [9.17, 15) is 0 Å². The molecule has 1 aromatic carbocycles. The lowest BCUT2D eigenvalue weighted by atomic mass is 9.94. The Kier molecular flexibility index (Phi) is 4.64. The maximum Gasteiger partial charge on any atom is 0.162 e. The van der Waals surface area contributed by atoms with Crippen LogP contribution >= 0.6 is 0 Å². The van der Waals surface area contributed by atoms with Gasteiger partial charge in [-0.2, -0.15) is 5.26 Å². The molecule has 1 fully saturated rings. The highest BCUT2D eigenvalue weighted by Crippen LogP contribution is 2.30. The highest BCUT2D eigenvalue weighted by molar-refractivity contribution is 5.46. The van der Waals surface area contributed by atoms with E-state index in [-0.39, 0.29) is 6.10 Å². The van der Waals surface area contributed by atoms with Crippen LogP contribution in [-0.2, 0) is 0 Å². The van der Waals surface area contributed by atoms with Gasteiger partial charge in [0, 0.05) is 18.5 Å². The quantitative estimate of drug-likeness (QED) is 0.902. The molecule has 102 valence electrons. The fourth-order valence-corrected chi connectivity index (χ4v) is 2.41. The van der Waals surface area contributed by atoms with Gasteiger partial charge in [0.05, 0.1) is 18.7 Å². The van der Waals surface area contributed by atoms with Crippen molar-refractivity contribution >= 4 is 0 Å². The van der Waals surface area contributed by atoms with Gasteiger partial charge in [-0.15, -0.1) is 0 Å². The standard InChI is InChI=1S/C15H20N2O2/c1-11(13-4-3-7-17-10-13)19-14-6-5-12(9-16)8-15(14)18-2/h5-6,8,11,13,17H,3-4,7,10H2,1-2H3. The van der Waals surface area contributed by atoms with Gasteiger partial charge in [0.25, 0.3) is 0 Å². The second kappa shape index (κ2) is 6.44. The third-order valence-corrected chi connectivity index (χ3v) is 3.60. The van der Waals surface area contributed by atoms with Crippen LogP contribution in [0.5, 0.6) is 11.5 Å². The Bertz CT molecular complexity index is 462. The summed E-state index contributed by atoms with van der Waals surface area (Å²) in [6.45, 7) is 4.19. The van der Waals surface area contributed by atoms with E-state index in [0.717, 1.165) is 13.1 Å². The third kappa shape index (κ3) is 3.39. The number of hydrogen-bond acceptors (Lipinski definition) is 4. The molecule has 0 radical (unpaired) electrons. The van der Waals surface area contributed by atoms with Crippen LogP contribution < -0.4 is 14.8 Å². The smallest absolute Gasteiger partial charge is 0.162 e. The van der Waals surface area contributed by atoms with Crippen LogP contribution in [0.3, 0.4) is 0 Å². The molecular weight excluding hydrogens is 240 g/mol. The summed E-state index contributed by atoms with van der Waals surface area (Å²) in [4.78, 5) is 0. The monoisotopic (exact) mass is 260 g/mol. The zero-order valence-electron chi connectivity index (χ0n) is 11.5. The minimum Gasteiger partial charge on any atom is -0.493 e.